The molecule has 0 aliphatic carbocycles. The Morgan fingerprint density at radius 1 is 1.00 bits per heavy atom. The second kappa shape index (κ2) is 5.34. The smallest absolute Gasteiger partial charge is 0.272 e. The molecule has 0 saturated carbocycles. The molecule has 4 aromatic rings. The maximum atomic E-state index is 11.0. The van der Waals surface area contributed by atoms with Gasteiger partial charge in [0.15, 0.2) is 0 Å². The van der Waals surface area contributed by atoms with Crippen molar-refractivity contribution < 1.29 is 0 Å². The van der Waals surface area contributed by atoms with Gasteiger partial charge in [-0.25, -0.2) is 4.98 Å². The molecule has 4 rings (SSSR count). The number of fused-ring (bicyclic) bond motifs is 2. The average molecular weight is 331 g/mol. The van der Waals surface area contributed by atoms with Crippen LogP contribution in [0.5, 0.6) is 0 Å². The second-order valence-corrected chi connectivity index (χ2v) is 4.86. The summed E-state index contributed by atoms with van der Waals surface area (Å²) in [5.41, 5.74) is 1.73. The fraction of sp³-hybridized carbons (Fsp3) is 0. The molecule has 0 spiro atoms. The summed E-state index contributed by atoms with van der Waals surface area (Å²) in [6, 6.07) is 7.61. The molecule has 4 heterocycles. The molecule has 0 amide bonds. The average Bonchev–Trinajstić information content (AvgIpc) is 3.08. The van der Waals surface area contributed by atoms with Gasteiger partial charge in [0.05, 0.1) is 5.52 Å². The van der Waals surface area contributed by atoms with Gasteiger partial charge in [0.1, 0.15) is 10.1 Å². The lowest BCUT2D eigenvalue weighted by Gasteiger charge is -1.93. The summed E-state index contributed by atoms with van der Waals surface area (Å²) in [5.74, 6) is 0. The molecule has 5 nitrogen and oxygen atoms in total. The van der Waals surface area contributed by atoms with Crippen molar-refractivity contribution in [2.45, 2.75) is 0 Å². The molecule has 1 N–H and O–H groups in total. The number of H-pyrrole nitrogens is 1. The molecule has 0 aliphatic heterocycles. The standard InChI is InChI=1S/C7H5BrN2.C7H6N2O/c8-7-6-2-1-4-10(6)5-3-9-7;10-7-6-2-1-4-9(6)5-3-8-7/h1-5H;1-5H,(H,8,10). The van der Waals surface area contributed by atoms with Gasteiger partial charge in [-0.05, 0) is 40.2 Å². The van der Waals surface area contributed by atoms with Gasteiger partial charge >= 0.3 is 0 Å². The number of aromatic nitrogens is 4. The quantitative estimate of drug-likeness (QED) is 0.539. The van der Waals surface area contributed by atoms with Gasteiger partial charge in [-0.3, -0.25) is 4.79 Å². The van der Waals surface area contributed by atoms with Gasteiger partial charge in [0, 0.05) is 37.2 Å². The Morgan fingerprint density at radius 3 is 2.40 bits per heavy atom. The highest BCUT2D eigenvalue weighted by atomic mass is 79.9. The van der Waals surface area contributed by atoms with Crippen molar-refractivity contribution in [3.05, 3.63) is 76.4 Å². The molecule has 6 heteroatoms. The van der Waals surface area contributed by atoms with Crippen molar-refractivity contribution in [2.75, 3.05) is 0 Å². The summed E-state index contributed by atoms with van der Waals surface area (Å²) in [4.78, 5) is 17.6. The zero-order valence-corrected chi connectivity index (χ0v) is 12.0. The highest BCUT2D eigenvalue weighted by Crippen LogP contribution is 2.13. The number of hydrogen-bond donors (Lipinski definition) is 1. The van der Waals surface area contributed by atoms with Crippen LogP contribution in [0.2, 0.25) is 0 Å². The fourth-order valence-electron chi connectivity index (χ4n) is 1.92. The first-order valence-electron chi connectivity index (χ1n) is 5.97. The molecule has 0 unspecified atom stereocenters. The Balaban J connectivity index is 0.000000121. The summed E-state index contributed by atoms with van der Waals surface area (Å²) in [5, 5.41) is 0. The predicted molar refractivity (Wildman–Crippen MR) is 80.9 cm³/mol. The van der Waals surface area contributed by atoms with Gasteiger partial charge in [-0.1, -0.05) is 0 Å². The van der Waals surface area contributed by atoms with E-state index in [1.54, 1.807) is 29.1 Å². The van der Waals surface area contributed by atoms with Crippen molar-refractivity contribution in [3.63, 3.8) is 0 Å². The van der Waals surface area contributed by atoms with E-state index in [9.17, 15) is 4.79 Å². The largest absolute Gasteiger partial charge is 0.326 e. The zero-order chi connectivity index (χ0) is 13.9. The van der Waals surface area contributed by atoms with E-state index in [2.05, 4.69) is 25.9 Å². The van der Waals surface area contributed by atoms with E-state index in [-0.39, 0.29) is 5.56 Å². The molecule has 0 fully saturated rings. The number of rotatable bonds is 0. The van der Waals surface area contributed by atoms with Crippen LogP contribution in [0, 0.1) is 0 Å². The van der Waals surface area contributed by atoms with Crippen LogP contribution >= 0.6 is 15.9 Å². The van der Waals surface area contributed by atoms with E-state index < -0.39 is 0 Å². The minimum absolute atomic E-state index is 0.0486. The first-order chi connectivity index (χ1) is 9.75. The molecule has 0 aliphatic rings. The van der Waals surface area contributed by atoms with E-state index in [4.69, 9.17) is 0 Å². The maximum absolute atomic E-state index is 11.0. The van der Waals surface area contributed by atoms with Crippen LogP contribution in [0.15, 0.2) is 70.8 Å². The third kappa shape index (κ3) is 2.37. The Morgan fingerprint density at radius 2 is 1.70 bits per heavy atom. The molecule has 0 atom stereocenters. The van der Waals surface area contributed by atoms with Crippen molar-refractivity contribution in [1.29, 1.82) is 0 Å². The van der Waals surface area contributed by atoms with Crippen LogP contribution < -0.4 is 5.56 Å². The lowest BCUT2D eigenvalue weighted by atomic mass is 10.5. The van der Waals surface area contributed by atoms with E-state index in [0.29, 0.717) is 5.52 Å². The highest BCUT2D eigenvalue weighted by molar-refractivity contribution is 9.10. The lowest BCUT2D eigenvalue weighted by Crippen LogP contribution is -2.06. The van der Waals surface area contributed by atoms with Gasteiger partial charge in [-0.2, -0.15) is 0 Å². The van der Waals surface area contributed by atoms with E-state index in [0.717, 1.165) is 10.1 Å². The molecule has 100 valence electrons. The monoisotopic (exact) mass is 330 g/mol. The Kier molecular flexibility index (Phi) is 3.39. The maximum Gasteiger partial charge on any atom is 0.272 e. The molecular weight excluding hydrogens is 320 g/mol. The van der Waals surface area contributed by atoms with Gasteiger partial charge in [-0.15, -0.1) is 0 Å². The van der Waals surface area contributed by atoms with Gasteiger partial charge in [0.2, 0.25) is 0 Å². The van der Waals surface area contributed by atoms with Crippen LogP contribution in [0.1, 0.15) is 0 Å². The van der Waals surface area contributed by atoms with E-state index in [1.165, 1.54) is 0 Å². The molecule has 20 heavy (non-hydrogen) atoms. The predicted octanol–water partition coefficient (Wildman–Crippen LogP) is 2.72. The Bertz CT molecular complexity index is 906. The van der Waals surface area contributed by atoms with Gasteiger partial charge in [0.25, 0.3) is 5.56 Å². The number of halogens is 1. The van der Waals surface area contributed by atoms with Crippen LogP contribution in [-0.4, -0.2) is 18.8 Å². The molecule has 0 bridgehead atoms. The molecular formula is C14H11BrN4O. The van der Waals surface area contributed by atoms with E-state index >= 15 is 0 Å². The molecule has 0 saturated heterocycles. The molecule has 0 radical (unpaired) electrons. The van der Waals surface area contributed by atoms with Crippen molar-refractivity contribution >= 4 is 27.0 Å². The summed E-state index contributed by atoms with van der Waals surface area (Å²) in [6.07, 6.45) is 10.9. The van der Waals surface area contributed by atoms with Crippen LogP contribution in [0.25, 0.3) is 11.0 Å². The summed E-state index contributed by atoms with van der Waals surface area (Å²) < 4.78 is 4.68. The molecule has 0 aromatic carbocycles. The van der Waals surface area contributed by atoms with Crippen molar-refractivity contribution in [2.24, 2.45) is 0 Å². The van der Waals surface area contributed by atoms with Crippen LogP contribution in [0.4, 0.5) is 0 Å². The summed E-state index contributed by atoms with van der Waals surface area (Å²) in [7, 11) is 0. The number of nitrogens with zero attached hydrogens (tertiary/aromatic N) is 3. The lowest BCUT2D eigenvalue weighted by molar-refractivity contribution is 1.11. The zero-order valence-electron chi connectivity index (χ0n) is 10.4. The van der Waals surface area contributed by atoms with Crippen molar-refractivity contribution in [3.8, 4) is 0 Å². The third-order valence-corrected chi connectivity index (χ3v) is 3.48. The normalized spacial score (nSPS) is 10.4. The second-order valence-electron chi connectivity index (χ2n) is 4.11. The Labute approximate surface area is 122 Å². The topological polar surface area (TPSA) is 54.6 Å². The van der Waals surface area contributed by atoms with Gasteiger partial charge < -0.3 is 13.8 Å². The first-order valence-corrected chi connectivity index (χ1v) is 6.76. The molecule has 4 aromatic heterocycles. The van der Waals surface area contributed by atoms with Crippen LogP contribution in [-0.2, 0) is 0 Å². The van der Waals surface area contributed by atoms with Crippen LogP contribution in [0.3, 0.4) is 0 Å². The number of nitrogens with one attached hydrogen (secondary N) is 1. The highest BCUT2D eigenvalue weighted by Gasteiger charge is 1.95. The number of hydrogen-bond acceptors (Lipinski definition) is 2. The first kappa shape index (κ1) is 12.7. The minimum Gasteiger partial charge on any atom is -0.326 e. The number of aromatic amines is 1. The SMILES string of the molecule is Brc1nccn2cccc12.O=c1[nH]ccn2cccc12. The van der Waals surface area contributed by atoms with E-state index in [1.807, 2.05) is 41.2 Å². The van der Waals surface area contributed by atoms with Crippen molar-refractivity contribution in [1.82, 2.24) is 18.8 Å². The minimum atomic E-state index is -0.0486. The summed E-state index contributed by atoms with van der Waals surface area (Å²) >= 11 is 3.34. The third-order valence-electron chi connectivity index (χ3n) is 2.87. The Hall–Kier alpha value is -2.34. The summed E-state index contributed by atoms with van der Waals surface area (Å²) in [6.45, 7) is 0. The fourth-order valence-corrected chi connectivity index (χ4v) is 2.37.